The van der Waals surface area contributed by atoms with E-state index in [-0.39, 0.29) is 5.92 Å². The van der Waals surface area contributed by atoms with Crippen LogP contribution in [0.2, 0.25) is 0 Å². The molecule has 0 fully saturated rings. The fourth-order valence-corrected chi connectivity index (χ4v) is 2.26. The molecule has 3 nitrogen and oxygen atoms in total. The molecular weight excluding hydrogens is 252 g/mol. The van der Waals surface area contributed by atoms with E-state index in [2.05, 4.69) is 0 Å². The molecule has 0 amide bonds. The van der Waals surface area contributed by atoms with Gasteiger partial charge in [0.1, 0.15) is 5.75 Å². The van der Waals surface area contributed by atoms with E-state index in [1.165, 1.54) is 0 Å². The van der Waals surface area contributed by atoms with Crippen molar-refractivity contribution in [2.45, 2.75) is 19.8 Å². The van der Waals surface area contributed by atoms with Crippen LogP contribution in [0, 0.1) is 0 Å². The number of aromatic carboxylic acids is 1. The first-order valence-electron chi connectivity index (χ1n) is 6.55. The second-order valence-corrected chi connectivity index (χ2v) is 4.97. The van der Waals surface area contributed by atoms with E-state index < -0.39 is 5.97 Å². The van der Waals surface area contributed by atoms with Gasteiger partial charge in [-0.15, -0.1) is 0 Å². The highest BCUT2D eigenvalue weighted by molar-refractivity contribution is 5.97. The van der Waals surface area contributed by atoms with Gasteiger partial charge in [-0.1, -0.05) is 44.2 Å². The topological polar surface area (TPSA) is 46.5 Å². The third-order valence-corrected chi connectivity index (χ3v) is 3.31. The summed E-state index contributed by atoms with van der Waals surface area (Å²) in [5, 5.41) is 9.46. The highest BCUT2D eigenvalue weighted by Crippen LogP contribution is 2.34. The van der Waals surface area contributed by atoms with E-state index in [0.717, 1.165) is 16.9 Å². The Kier molecular flexibility index (Phi) is 4.08. The van der Waals surface area contributed by atoms with Crippen molar-refractivity contribution in [3.8, 4) is 16.9 Å². The molecule has 2 rings (SSSR count). The minimum Gasteiger partial charge on any atom is -0.496 e. The molecule has 1 N–H and O–H groups in total. The lowest BCUT2D eigenvalue weighted by atomic mass is 9.92. The summed E-state index contributed by atoms with van der Waals surface area (Å²) in [4.78, 5) is 11.5. The molecule has 2 aromatic rings. The number of methoxy groups -OCH3 is 1. The lowest BCUT2D eigenvalue weighted by Crippen LogP contribution is -2.04. The Morgan fingerprint density at radius 1 is 1.15 bits per heavy atom. The Morgan fingerprint density at radius 3 is 2.30 bits per heavy atom. The van der Waals surface area contributed by atoms with Crippen molar-refractivity contribution in [2.24, 2.45) is 0 Å². The summed E-state index contributed by atoms with van der Waals surface area (Å²) in [5.74, 6) is 0.00475. The largest absolute Gasteiger partial charge is 0.496 e. The summed E-state index contributed by atoms with van der Waals surface area (Å²) in [6, 6.07) is 13.0. The maximum absolute atomic E-state index is 11.5. The fourth-order valence-electron chi connectivity index (χ4n) is 2.26. The second kappa shape index (κ2) is 5.78. The molecule has 0 bridgehead atoms. The second-order valence-electron chi connectivity index (χ2n) is 4.97. The zero-order valence-electron chi connectivity index (χ0n) is 11.9. The van der Waals surface area contributed by atoms with Crippen LogP contribution in [0.4, 0.5) is 0 Å². The molecule has 0 heterocycles. The van der Waals surface area contributed by atoms with E-state index in [9.17, 15) is 9.90 Å². The van der Waals surface area contributed by atoms with Crippen molar-refractivity contribution < 1.29 is 14.6 Å². The molecule has 2 aromatic carbocycles. The Balaban J connectivity index is 2.70. The fraction of sp³-hybridized carbons (Fsp3) is 0.235. The number of ether oxygens (including phenoxy) is 1. The van der Waals surface area contributed by atoms with Crippen LogP contribution in [0.15, 0.2) is 42.5 Å². The van der Waals surface area contributed by atoms with Crippen LogP contribution in [0.25, 0.3) is 11.1 Å². The monoisotopic (exact) mass is 270 g/mol. The number of hydrogen-bond acceptors (Lipinski definition) is 2. The average Bonchev–Trinajstić information content (AvgIpc) is 2.46. The molecule has 3 heteroatoms. The summed E-state index contributed by atoms with van der Waals surface area (Å²) in [7, 11) is 1.61. The van der Waals surface area contributed by atoms with E-state index in [1.54, 1.807) is 13.2 Å². The van der Waals surface area contributed by atoms with Crippen LogP contribution >= 0.6 is 0 Å². The van der Waals surface area contributed by atoms with Crippen LogP contribution in [-0.4, -0.2) is 18.2 Å². The lowest BCUT2D eigenvalue weighted by Gasteiger charge is -2.16. The van der Waals surface area contributed by atoms with Gasteiger partial charge in [-0.25, -0.2) is 4.79 Å². The summed E-state index contributed by atoms with van der Waals surface area (Å²) in [5.41, 5.74) is 2.77. The van der Waals surface area contributed by atoms with E-state index in [0.29, 0.717) is 11.1 Å². The quantitative estimate of drug-likeness (QED) is 0.906. The number of rotatable bonds is 4. The maximum Gasteiger partial charge on any atom is 0.336 e. The number of hydrogen-bond donors (Lipinski definition) is 1. The van der Waals surface area contributed by atoms with E-state index in [1.807, 2.05) is 50.2 Å². The van der Waals surface area contributed by atoms with Crippen LogP contribution in [0.3, 0.4) is 0 Å². The van der Waals surface area contributed by atoms with Gasteiger partial charge in [-0.2, -0.15) is 0 Å². The number of carboxylic acid groups (broad SMARTS) is 1. The smallest absolute Gasteiger partial charge is 0.336 e. The molecule has 0 aliphatic carbocycles. The van der Waals surface area contributed by atoms with Crippen LogP contribution < -0.4 is 4.74 Å². The molecule has 0 radical (unpaired) electrons. The predicted octanol–water partition coefficient (Wildman–Crippen LogP) is 4.18. The van der Waals surface area contributed by atoms with Gasteiger partial charge in [0.2, 0.25) is 0 Å². The number of benzene rings is 2. The lowest BCUT2D eigenvalue weighted by molar-refractivity contribution is 0.0697. The Labute approximate surface area is 118 Å². The van der Waals surface area contributed by atoms with Gasteiger partial charge >= 0.3 is 5.97 Å². The third-order valence-electron chi connectivity index (χ3n) is 3.31. The van der Waals surface area contributed by atoms with Gasteiger partial charge in [0, 0.05) is 0 Å². The van der Waals surface area contributed by atoms with Gasteiger partial charge in [0.15, 0.2) is 0 Å². The average molecular weight is 270 g/mol. The molecule has 0 saturated carbocycles. The molecule has 0 aromatic heterocycles. The van der Waals surface area contributed by atoms with E-state index in [4.69, 9.17) is 4.74 Å². The first-order chi connectivity index (χ1) is 9.54. The van der Waals surface area contributed by atoms with Crippen molar-refractivity contribution in [1.29, 1.82) is 0 Å². The summed E-state index contributed by atoms with van der Waals surface area (Å²) >= 11 is 0. The van der Waals surface area contributed by atoms with Crippen molar-refractivity contribution in [3.05, 3.63) is 53.6 Å². The Morgan fingerprint density at radius 2 is 1.80 bits per heavy atom. The predicted molar refractivity (Wildman–Crippen MR) is 79.5 cm³/mol. The third kappa shape index (κ3) is 2.67. The normalized spacial score (nSPS) is 10.6. The summed E-state index contributed by atoms with van der Waals surface area (Å²) < 4.78 is 5.41. The number of carboxylic acids is 1. The standard InChI is InChI=1S/C17H18O3/c1-11(2)13-9-15(17(18)19)14(10-16(13)20-3)12-7-5-4-6-8-12/h4-11H,1-3H3,(H,18,19). The first-order valence-corrected chi connectivity index (χ1v) is 6.55. The van der Waals surface area contributed by atoms with Gasteiger partial charge < -0.3 is 9.84 Å². The van der Waals surface area contributed by atoms with Gasteiger partial charge in [0.25, 0.3) is 0 Å². The van der Waals surface area contributed by atoms with Gasteiger partial charge in [-0.05, 0) is 34.7 Å². The van der Waals surface area contributed by atoms with Crippen LogP contribution in [-0.2, 0) is 0 Å². The van der Waals surface area contributed by atoms with Crippen LogP contribution in [0.5, 0.6) is 5.75 Å². The highest BCUT2D eigenvalue weighted by atomic mass is 16.5. The molecular formula is C17H18O3. The Hall–Kier alpha value is -2.29. The summed E-state index contributed by atoms with van der Waals surface area (Å²) in [6.07, 6.45) is 0. The minimum absolute atomic E-state index is 0.202. The van der Waals surface area contributed by atoms with Gasteiger partial charge in [-0.3, -0.25) is 0 Å². The molecule has 0 atom stereocenters. The first kappa shape index (κ1) is 14.1. The van der Waals surface area contributed by atoms with Gasteiger partial charge in [0.05, 0.1) is 12.7 Å². The zero-order valence-corrected chi connectivity index (χ0v) is 11.9. The summed E-state index contributed by atoms with van der Waals surface area (Å²) in [6.45, 7) is 4.04. The molecule has 0 aliphatic heterocycles. The zero-order chi connectivity index (χ0) is 14.7. The minimum atomic E-state index is -0.923. The van der Waals surface area contributed by atoms with Crippen molar-refractivity contribution in [1.82, 2.24) is 0 Å². The highest BCUT2D eigenvalue weighted by Gasteiger charge is 2.18. The Bertz CT molecular complexity index is 616. The van der Waals surface area contributed by atoms with E-state index >= 15 is 0 Å². The molecule has 0 saturated heterocycles. The number of carbonyl (C=O) groups is 1. The van der Waals surface area contributed by atoms with Crippen molar-refractivity contribution >= 4 is 5.97 Å². The maximum atomic E-state index is 11.5. The molecule has 104 valence electrons. The molecule has 0 spiro atoms. The molecule has 0 aliphatic rings. The molecule has 20 heavy (non-hydrogen) atoms. The molecule has 0 unspecified atom stereocenters. The van der Waals surface area contributed by atoms with Crippen LogP contribution in [0.1, 0.15) is 35.7 Å². The van der Waals surface area contributed by atoms with Crippen molar-refractivity contribution in [2.75, 3.05) is 7.11 Å². The van der Waals surface area contributed by atoms with Crippen molar-refractivity contribution in [3.63, 3.8) is 0 Å². The SMILES string of the molecule is COc1cc(-c2ccccc2)c(C(=O)O)cc1C(C)C.